The predicted octanol–water partition coefficient (Wildman–Crippen LogP) is 3.06. The number of carboxylic acids is 1. The van der Waals surface area contributed by atoms with E-state index < -0.39 is 5.97 Å². The van der Waals surface area contributed by atoms with Crippen molar-refractivity contribution in [3.05, 3.63) is 35.0 Å². The number of carboxylic acid groups (broad SMARTS) is 1. The van der Waals surface area contributed by atoms with Gasteiger partial charge in [-0.25, -0.2) is 9.78 Å². The topological polar surface area (TPSA) is 50.2 Å². The number of aromatic carboxylic acids is 1. The van der Waals surface area contributed by atoms with Crippen molar-refractivity contribution >= 4 is 17.7 Å². The van der Waals surface area contributed by atoms with E-state index in [9.17, 15) is 4.79 Å². The molecule has 0 atom stereocenters. The Bertz CT molecular complexity index is 427. The number of rotatable bonds is 4. The molecular formula is C12H15NO2S. The van der Waals surface area contributed by atoms with Crippen LogP contribution in [-0.2, 0) is 0 Å². The molecule has 0 unspecified atom stereocenters. The van der Waals surface area contributed by atoms with Crippen molar-refractivity contribution in [2.45, 2.75) is 25.8 Å². The Morgan fingerprint density at radius 2 is 2.25 bits per heavy atom. The molecule has 16 heavy (non-hydrogen) atoms. The van der Waals surface area contributed by atoms with Crippen molar-refractivity contribution in [2.75, 3.05) is 5.75 Å². The molecule has 1 rings (SSSR count). The van der Waals surface area contributed by atoms with Gasteiger partial charge in [-0.2, -0.15) is 0 Å². The quantitative estimate of drug-likeness (QED) is 0.646. The van der Waals surface area contributed by atoms with E-state index in [1.807, 2.05) is 26.0 Å². The van der Waals surface area contributed by atoms with Gasteiger partial charge in [0.2, 0.25) is 0 Å². The van der Waals surface area contributed by atoms with Crippen LogP contribution in [0, 0.1) is 13.8 Å². The van der Waals surface area contributed by atoms with Gasteiger partial charge in [0.1, 0.15) is 5.03 Å². The minimum absolute atomic E-state index is 0.320. The van der Waals surface area contributed by atoms with Crippen molar-refractivity contribution in [3.63, 3.8) is 0 Å². The van der Waals surface area contributed by atoms with Crippen LogP contribution in [0.5, 0.6) is 0 Å². The molecule has 0 radical (unpaired) electrons. The van der Waals surface area contributed by atoms with E-state index >= 15 is 0 Å². The fourth-order valence-corrected chi connectivity index (χ4v) is 2.44. The van der Waals surface area contributed by atoms with E-state index in [-0.39, 0.29) is 0 Å². The Morgan fingerprint density at radius 1 is 1.56 bits per heavy atom. The average Bonchev–Trinajstić information content (AvgIpc) is 2.16. The second-order valence-corrected chi connectivity index (χ2v) is 4.45. The van der Waals surface area contributed by atoms with Gasteiger partial charge >= 0.3 is 5.97 Å². The summed E-state index contributed by atoms with van der Waals surface area (Å²) >= 11 is 1.45. The van der Waals surface area contributed by atoms with Gasteiger partial charge in [0, 0.05) is 11.4 Å². The molecule has 1 heterocycles. The molecule has 0 spiro atoms. The van der Waals surface area contributed by atoms with E-state index in [0.29, 0.717) is 10.6 Å². The molecule has 0 fully saturated rings. The number of hydrogen-bond donors (Lipinski definition) is 1. The molecule has 0 saturated heterocycles. The summed E-state index contributed by atoms with van der Waals surface area (Å²) in [5, 5.41) is 9.72. The minimum atomic E-state index is -0.909. The summed E-state index contributed by atoms with van der Waals surface area (Å²) in [5.74, 6) is -0.167. The molecule has 0 amide bonds. The molecule has 0 saturated carbocycles. The van der Waals surface area contributed by atoms with Gasteiger partial charge in [0.15, 0.2) is 0 Å². The van der Waals surface area contributed by atoms with Gasteiger partial charge in [0.25, 0.3) is 0 Å². The molecule has 0 aliphatic heterocycles. The summed E-state index contributed by atoms with van der Waals surface area (Å²) in [6, 6.07) is 1.79. The molecule has 1 aromatic heterocycles. The largest absolute Gasteiger partial charge is 0.478 e. The molecular weight excluding hydrogens is 222 g/mol. The van der Waals surface area contributed by atoms with Gasteiger partial charge in [-0.15, -0.1) is 11.8 Å². The van der Waals surface area contributed by atoms with Crippen LogP contribution in [0.1, 0.15) is 28.5 Å². The van der Waals surface area contributed by atoms with Crippen LogP contribution < -0.4 is 0 Å². The Balaban J connectivity index is 3.08. The third-order valence-electron chi connectivity index (χ3n) is 2.08. The second-order valence-electron chi connectivity index (χ2n) is 3.45. The Labute approximate surface area is 99.6 Å². The number of aryl methyl sites for hydroxylation is 2. The molecule has 0 aliphatic carbocycles. The van der Waals surface area contributed by atoms with Crippen LogP contribution in [0.4, 0.5) is 0 Å². The van der Waals surface area contributed by atoms with Crippen LogP contribution in [0.2, 0.25) is 0 Å². The molecule has 4 heteroatoms. The van der Waals surface area contributed by atoms with Crippen LogP contribution in [0.15, 0.2) is 23.2 Å². The van der Waals surface area contributed by atoms with Crippen molar-refractivity contribution in [3.8, 4) is 0 Å². The lowest BCUT2D eigenvalue weighted by atomic mass is 10.1. The minimum Gasteiger partial charge on any atom is -0.478 e. The summed E-state index contributed by atoms with van der Waals surface area (Å²) in [4.78, 5) is 15.4. The highest BCUT2D eigenvalue weighted by molar-refractivity contribution is 7.99. The van der Waals surface area contributed by atoms with E-state index in [1.165, 1.54) is 11.8 Å². The van der Waals surface area contributed by atoms with Gasteiger partial charge in [-0.05, 0) is 32.4 Å². The lowest BCUT2D eigenvalue weighted by Gasteiger charge is -2.08. The molecule has 0 bridgehead atoms. The summed E-state index contributed by atoms with van der Waals surface area (Å²) in [6.45, 7) is 5.61. The highest BCUT2D eigenvalue weighted by atomic mass is 32.2. The number of nitrogens with zero attached hydrogens (tertiary/aromatic N) is 1. The lowest BCUT2D eigenvalue weighted by molar-refractivity contribution is 0.0691. The van der Waals surface area contributed by atoms with Crippen LogP contribution >= 0.6 is 11.8 Å². The normalized spacial score (nSPS) is 10.9. The van der Waals surface area contributed by atoms with Gasteiger partial charge in [-0.3, -0.25) is 0 Å². The van der Waals surface area contributed by atoms with Gasteiger partial charge in [0.05, 0.1) is 5.56 Å². The number of carbonyl (C=O) groups is 1. The highest BCUT2D eigenvalue weighted by Crippen LogP contribution is 2.24. The first-order chi connectivity index (χ1) is 7.56. The van der Waals surface area contributed by atoms with Crippen LogP contribution in [-0.4, -0.2) is 21.8 Å². The molecule has 0 aromatic carbocycles. The fourth-order valence-electron chi connectivity index (χ4n) is 1.39. The third kappa shape index (κ3) is 3.10. The molecule has 3 nitrogen and oxygen atoms in total. The van der Waals surface area contributed by atoms with E-state index in [1.54, 1.807) is 13.0 Å². The first-order valence-corrected chi connectivity index (χ1v) is 6.00. The van der Waals surface area contributed by atoms with Gasteiger partial charge < -0.3 is 5.11 Å². The van der Waals surface area contributed by atoms with Crippen molar-refractivity contribution in [2.24, 2.45) is 0 Å². The summed E-state index contributed by atoms with van der Waals surface area (Å²) in [7, 11) is 0. The maximum atomic E-state index is 11.1. The molecule has 86 valence electrons. The standard InChI is InChI=1S/C12H15NO2S/c1-4-5-6-16-11-10(12(14)15)8(2)7-9(3)13-11/h4-5,7H,6H2,1-3H3,(H,14,15). The Hall–Kier alpha value is -1.29. The molecule has 0 aliphatic rings. The fraction of sp³-hybridized carbons (Fsp3) is 0.333. The van der Waals surface area contributed by atoms with Crippen molar-refractivity contribution in [1.82, 2.24) is 4.98 Å². The van der Waals surface area contributed by atoms with E-state index in [0.717, 1.165) is 17.0 Å². The van der Waals surface area contributed by atoms with Gasteiger partial charge in [-0.1, -0.05) is 12.2 Å². The Kier molecular flexibility index (Phi) is 4.55. The smallest absolute Gasteiger partial charge is 0.338 e. The number of allylic oxidation sites excluding steroid dienone is 1. The summed E-state index contributed by atoms with van der Waals surface area (Å²) in [5.41, 5.74) is 1.94. The van der Waals surface area contributed by atoms with Crippen LogP contribution in [0.3, 0.4) is 0 Å². The first kappa shape index (κ1) is 12.8. The summed E-state index contributed by atoms with van der Waals surface area (Å²) in [6.07, 6.45) is 3.92. The Morgan fingerprint density at radius 3 is 2.81 bits per heavy atom. The van der Waals surface area contributed by atoms with Crippen LogP contribution in [0.25, 0.3) is 0 Å². The molecule has 1 aromatic rings. The van der Waals surface area contributed by atoms with Crippen molar-refractivity contribution < 1.29 is 9.90 Å². The maximum absolute atomic E-state index is 11.1. The van der Waals surface area contributed by atoms with E-state index in [4.69, 9.17) is 5.11 Å². The zero-order valence-electron chi connectivity index (χ0n) is 9.65. The number of thioether (sulfide) groups is 1. The number of hydrogen-bond acceptors (Lipinski definition) is 3. The number of pyridine rings is 1. The van der Waals surface area contributed by atoms with Crippen molar-refractivity contribution in [1.29, 1.82) is 0 Å². The first-order valence-electron chi connectivity index (χ1n) is 5.01. The highest BCUT2D eigenvalue weighted by Gasteiger charge is 2.15. The predicted molar refractivity (Wildman–Crippen MR) is 66.2 cm³/mol. The zero-order valence-corrected chi connectivity index (χ0v) is 10.5. The molecule has 1 N–H and O–H groups in total. The average molecular weight is 237 g/mol. The monoisotopic (exact) mass is 237 g/mol. The number of aromatic nitrogens is 1. The maximum Gasteiger partial charge on any atom is 0.338 e. The summed E-state index contributed by atoms with van der Waals surface area (Å²) < 4.78 is 0. The SMILES string of the molecule is CC=CCSc1nc(C)cc(C)c1C(=O)O. The third-order valence-corrected chi connectivity index (χ3v) is 3.01. The zero-order chi connectivity index (χ0) is 12.1. The lowest BCUT2D eigenvalue weighted by Crippen LogP contribution is -2.05. The second kappa shape index (κ2) is 5.70. The van der Waals surface area contributed by atoms with E-state index in [2.05, 4.69) is 4.98 Å².